The Balaban J connectivity index is 1.93. The lowest BCUT2D eigenvalue weighted by atomic mass is 10.2. The Labute approximate surface area is 133 Å². The second-order valence-electron chi connectivity index (χ2n) is 6.32. The van der Waals surface area contributed by atoms with Crippen LogP contribution in [0.5, 0.6) is 0 Å². The number of ether oxygens (including phenoxy) is 1. The molecule has 9 nitrogen and oxygen atoms in total. The van der Waals surface area contributed by atoms with Gasteiger partial charge in [0.1, 0.15) is 5.60 Å². The lowest BCUT2D eigenvalue weighted by molar-refractivity contribution is 0.0290. The van der Waals surface area contributed by atoms with Gasteiger partial charge in [-0.15, -0.1) is 0 Å². The second-order valence-corrected chi connectivity index (χ2v) is 6.32. The van der Waals surface area contributed by atoms with Crippen molar-refractivity contribution in [3.8, 4) is 0 Å². The fourth-order valence-corrected chi connectivity index (χ4v) is 2.25. The number of aromatic nitrogens is 2. The predicted molar refractivity (Wildman–Crippen MR) is 79.2 cm³/mol. The van der Waals surface area contributed by atoms with Crippen molar-refractivity contribution in [1.82, 2.24) is 20.2 Å². The summed E-state index contributed by atoms with van der Waals surface area (Å²) in [4.78, 5) is 42.7. The molecule has 2 heterocycles. The number of nitrogens with zero attached hydrogens (tertiary/aromatic N) is 2. The predicted octanol–water partition coefficient (Wildman–Crippen LogP) is 0.847. The van der Waals surface area contributed by atoms with Crippen molar-refractivity contribution in [2.75, 3.05) is 13.1 Å². The van der Waals surface area contributed by atoms with Crippen LogP contribution < -0.4 is 5.32 Å². The highest BCUT2D eigenvalue weighted by molar-refractivity contribution is 6.02. The summed E-state index contributed by atoms with van der Waals surface area (Å²) < 4.78 is 5.28. The number of hydrogen-bond acceptors (Lipinski definition) is 5. The van der Waals surface area contributed by atoms with Crippen molar-refractivity contribution in [1.29, 1.82) is 0 Å². The van der Waals surface area contributed by atoms with E-state index in [1.165, 1.54) is 4.90 Å². The molecule has 2 amide bonds. The summed E-state index contributed by atoms with van der Waals surface area (Å²) in [6.45, 7) is 6.13. The highest BCUT2D eigenvalue weighted by Gasteiger charge is 2.31. The molecule has 0 aromatic carbocycles. The molecule has 0 unspecified atom stereocenters. The molecule has 1 aromatic rings. The molecule has 1 atom stereocenters. The number of rotatable bonds is 3. The van der Waals surface area contributed by atoms with Gasteiger partial charge in [-0.3, -0.25) is 4.79 Å². The zero-order valence-electron chi connectivity index (χ0n) is 13.3. The van der Waals surface area contributed by atoms with Gasteiger partial charge in [-0.2, -0.15) is 0 Å². The van der Waals surface area contributed by atoms with E-state index >= 15 is 0 Å². The molecule has 3 N–H and O–H groups in total. The Bertz CT molecular complexity index is 619. The highest BCUT2D eigenvalue weighted by atomic mass is 16.6. The van der Waals surface area contributed by atoms with E-state index in [-0.39, 0.29) is 17.4 Å². The van der Waals surface area contributed by atoms with Crippen LogP contribution in [0.15, 0.2) is 6.33 Å². The zero-order chi connectivity index (χ0) is 17.2. The third-order valence-corrected chi connectivity index (χ3v) is 3.24. The lowest BCUT2D eigenvalue weighted by Gasteiger charge is -2.24. The first kappa shape index (κ1) is 16.8. The monoisotopic (exact) mass is 324 g/mol. The largest absolute Gasteiger partial charge is 0.477 e. The Hall–Kier alpha value is -2.58. The second kappa shape index (κ2) is 6.27. The third-order valence-electron chi connectivity index (χ3n) is 3.24. The van der Waals surface area contributed by atoms with Crippen molar-refractivity contribution in [3.05, 3.63) is 17.7 Å². The average molecular weight is 324 g/mol. The van der Waals surface area contributed by atoms with Gasteiger partial charge in [0.05, 0.1) is 6.33 Å². The van der Waals surface area contributed by atoms with Crippen LogP contribution in [0.25, 0.3) is 0 Å². The first-order valence-corrected chi connectivity index (χ1v) is 7.23. The molecule has 2 rings (SSSR count). The number of hydrogen-bond donors (Lipinski definition) is 3. The minimum Gasteiger partial charge on any atom is -0.477 e. The Morgan fingerprint density at radius 2 is 2.13 bits per heavy atom. The molecule has 1 aliphatic rings. The molecule has 0 aliphatic carbocycles. The summed E-state index contributed by atoms with van der Waals surface area (Å²) in [6.07, 6.45) is 1.29. The van der Waals surface area contributed by atoms with Gasteiger partial charge in [-0.1, -0.05) is 0 Å². The fourth-order valence-electron chi connectivity index (χ4n) is 2.25. The van der Waals surface area contributed by atoms with Crippen LogP contribution in [0.3, 0.4) is 0 Å². The number of H-pyrrole nitrogens is 1. The van der Waals surface area contributed by atoms with Gasteiger partial charge in [0.15, 0.2) is 11.4 Å². The van der Waals surface area contributed by atoms with Crippen LogP contribution in [0.2, 0.25) is 0 Å². The normalized spacial score (nSPS) is 17.9. The van der Waals surface area contributed by atoms with Crippen LogP contribution in [0.1, 0.15) is 48.2 Å². The number of aromatic carboxylic acids is 1. The molecule has 0 spiro atoms. The number of carbonyl (C=O) groups excluding carboxylic acids is 2. The van der Waals surface area contributed by atoms with Crippen LogP contribution in [-0.2, 0) is 4.74 Å². The molecule has 0 radical (unpaired) electrons. The average Bonchev–Trinajstić information content (AvgIpc) is 3.04. The van der Waals surface area contributed by atoms with Crippen molar-refractivity contribution in [2.24, 2.45) is 0 Å². The highest BCUT2D eigenvalue weighted by Crippen LogP contribution is 2.16. The minimum absolute atomic E-state index is 0.173. The number of carboxylic acid groups (broad SMARTS) is 1. The van der Waals surface area contributed by atoms with Crippen LogP contribution in [0, 0.1) is 0 Å². The van der Waals surface area contributed by atoms with E-state index in [4.69, 9.17) is 9.84 Å². The number of carboxylic acids is 1. The van der Waals surface area contributed by atoms with E-state index in [9.17, 15) is 14.4 Å². The number of aromatic amines is 1. The Morgan fingerprint density at radius 3 is 2.74 bits per heavy atom. The topological polar surface area (TPSA) is 125 Å². The first-order chi connectivity index (χ1) is 10.7. The van der Waals surface area contributed by atoms with Gasteiger partial charge in [0, 0.05) is 19.1 Å². The van der Waals surface area contributed by atoms with E-state index in [0.717, 1.165) is 6.33 Å². The van der Waals surface area contributed by atoms with Crippen LogP contribution in [0.4, 0.5) is 4.79 Å². The molecule has 0 saturated carbocycles. The molecule has 126 valence electrons. The van der Waals surface area contributed by atoms with Gasteiger partial charge < -0.3 is 25.0 Å². The summed E-state index contributed by atoms with van der Waals surface area (Å²) in [7, 11) is 0. The number of carbonyl (C=O) groups is 3. The minimum atomic E-state index is -1.26. The maximum absolute atomic E-state index is 12.1. The number of imidazole rings is 1. The van der Waals surface area contributed by atoms with Crippen LogP contribution in [-0.4, -0.2) is 62.7 Å². The fraction of sp³-hybridized carbons (Fsp3) is 0.571. The van der Waals surface area contributed by atoms with Gasteiger partial charge in [0.25, 0.3) is 5.91 Å². The molecule has 1 aliphatic heterocycles. The number of nitrogens with one attached hydrogen (secondary N) is 2. The van der Waals surface area contributed by atoms with Crippen LogP contribution >= 0.6 is 0 Å². The lowest BCUT2D eigenvalue weighted by Crippen LogP contribution is -2.40. The molecule has 9 heteroatoms. The molecule has 1 fully saturated rings. The molecule has 0 bridgehead atoms. The zero-order valence-corrected chi connectivity index (χ0v) is 13.3. The van der Waals surface area contributed by atoms with Gasteiger partial charge in [-0.25, -0.2) is 14.6 Å². The van der Waals surface area contributed by atoms with Crippen molar-refractivity contribution in [2.45, 2.75) is 38.8 Å². The van der Waals surface area contributed by atoms with E-state index in [0.29, 0.717) is 19.5 Å². The molecule has 1 aromatic heterocycles. The van der Waals surface area contributed by atoms with E-state index in [1.54, 1.807) is 20.8 Å². The first-order valence-electron chi connectivity index (χ1n) is 7.23. The van der Waals surface area contributed by atoms with Gasteiger partial charge in [-0.05, 0) is 27.2 Å². The smallest absolute Gasteiger partial charge is 0.410 e. The summed E-state index contributed by atoms with van der Waals surface area (Å²) >= 11 is 0. The summed E-state index contributed by atoms with van der Waals surface area (Å²) in [5.74, 6) is -1.84. The van der Waals surface area contributed by atoms with Crippen molar-refractivity contribution < 1.29 is 24.2 Å². The van der Waals surface area contributed by atoms with Crippen molar-refractivity contribution >= 4 is 18.0 Å². The number of likely N-dealkylation sites (tertiary alicyclic amines) is 1. The Kier molecular flexibility index (Phi) is 4.57. The maximum Gasteiger partial charge on any atom is 0.410 e. The Morgan fingerprint density at radius 1 is 1.43 bits per heavy atom. The van der Waals surface area contributed by atoms with E-state index in [1.807, 2.05) is 0 Å². The molecular formula is C14H20N4O5. The SMILES string of the molecule is CC(C)(C)OC(=O)N1CC[C@H](NC(=O)c2nc[nH]c2C(=O)O)C1. The van der Waals surface area contributed by atoms with E-state index < -0.39 is 23.6 Å². The quantitative estimate of drug-likeness (QED) is 0.757. The third kappa shape index (κ3) is 4.21. The summed E-state index contributed by atoms with van der Waals surface area (Å²) in [6, 6.07) is -0.270. The number of amides is 2. The van der Waals surface area contributed by atoms with Crippen molar-refractivity contribution in [3.63, 3.8) is 0 Å². The summed E-state index contributed by atoms with van der Waals surface area (Å²) in [5.41, 5.74) is -1.01. The summed E-state index contributed by atoms with van der Waals surface area (Å²) in [5, 5.41) is 11.7. The molecular weight excluding hydrogens is 304 g/mol. The maximum atomic E-state index is 12.1. The molecule has 1 saturated heterocycles. The van der Waals surface area contributed by atoms with E-state index in [2.05, 4.69) is 15.3 Å². The standard InChI is InChI=1S/C14H20N4O5/c1-14(2,3)23-13(22)18-5-4-8(6-18)17-11(19)9-10(12(20)21)16-7-15-9/h7-8H,4-6H2,1-3H3,(H,15,16)(H,17,19)(H,20,21)/t8-/m0/s1. The molecule has 23 heavy (non-hydrogen) atoms. The van der Waals surface area contributed by atoms with Gasteiger partial charge >= 0.3 is 12.1 Å². The van der Waals surface area contributed by atoms with Gasteiger partial charge in [0.2, 0.25) is 0 Å².